The van der Waals surface area contributed by atoms with Gasteiger partial charge in [0, 0.05) is 17.9 Å². The van der Waals surface area contributed by atoms with Gasteiger partial charge in [0.2, 0.25) is 0 Å². The summed E-state index contributed by atoms with van der Waals surface area (Å²) in [6.07, 6.45) is 0.654. The van der Waals surface area contributed by atoms with Gasteiger partial charge in [-0.05, 0) is 25.1 Å². The molecule has 5 nitrogen and oxygen atoms in total. The van der Waals surface area contributed by atoms with E-state index in [4.69, 9.17) is 23.2 Å². The Hall–Kier alpha value is -1.30. The molecule has 0 bridgehead atoms. The fraction of sp³-hybridized carbons (Fsp3) is 0.429. The van der Waals surface area contributed by atoms with Crippen LogP contribution in [0.3, 0.4) is 0 Å². The van der Waals surface area contributed by atoms with Gasteiger partial charge < -0.3 is 10.4 Å². The van der Waals surface area contributed by atoms with Crippen molar-refractivity contribution in [1.82, 2.24) is 0 Å². The Morgan fingerprint density at radius 3 is 2.67 bits per heavy atom. The molecule has 0 saturated carbocycles. The van der Waals surface area contributed by atoms with Crippen LogP contribution in [0.4, 0.5) is 10.5 Å². The number of carbonyl (C=O) groups excluding carboxylic acids is 1. The minimum atomic E-state index is -0.961. The first-order valence-corrected chi connectivity index (χ1v) is 7.46. The minimum Gasteiger partial charge on any atom is -0.435 e. The zero-order valence-corrected chi connectivity index (χ0v) is 13.1. The Morgan fingerprint density at radius 2 is 2.14 bits per heavy atom. The molecule has 1 heterocycles. The zero-order valence-electron chi connectivity index (χ0n) is 11.6. The van der Waals surface area contributed by atoms with Crippen molar-refractivity contribution in [2.45, 2.75) is 25.8 Å². The first-order chi connectivity index (χ1) is 9.85. The standard InChI is InChI=1S/C14H16Cl2N2O3/c1-9-3-2-6-18(9,14(20)21)8-13(19)17-12-5-4-10(15)7-11(12)16/h4-5,7,9H,2-3,6,8H2,1H3,(H-,17,19,20,21)/p+1/t9-,18?/m1/s1. The van der Waals surface area contributed by atoms with E-state index in [0.29, 0.717) is 22.3 Å². The molecular weight excluding hydrogens is 315 g/mol. The second-order valence-electron chi connectivity index (χ2n) is 5.36. The molecule has 1 aliphatic rings. The van der Waals surface area contributed by atoms with Crippen LogP contribution in [0.5, 0.6) is 0 Å². The predicted molar refractivity (Wildman–Crippen MR) is 81.8 cm³/mol. The molecule has 2 amide bonds. The van der Waals surface area contributed by atoms with Crippen LogP contribution in [0.1, 0.15) is 19.8 Å². The second-order valence-corrected chi connectivity index (χ2v) is 6.21. The minimum absolute atomic E-state index is 0.0751. The number of halogens is 2. The van der Waals surface area contributed by atoms with Gasteiger partial charge in [-0.25, -0.2) is 4.48 Å². The molecule has 114 valence electrons. The molecule has 0 aromatic heterocycles. The van der Waals surface area contributed by atoms with Gasteiger partial charge in [0.25, 0.3) is 5.91 Å². The fourth-order valence-corrected chi connectivity index (χ4v) is 3.22. The van der Waals surface area contributed by atoms with Crippen molar-refractivity contribution in [3.8, 4) is 0 Å². The molecule has 0 radical (unpaired) electrons. The van der Waals surface area contributed by atoms with Crippen molar-refractivity contribution in [1.29, 1.82) is 0 Å². The largest absolute Gasteiger partial charge is 0.514 e. The molecule has 2 N–H and O–H groups in total. The lowest BCUT2D eigenvalue weighted by molar-refractivity contribution is -0.859. The average molecular weight is 332 g/mol. The second kappa shape index (κ2) is 6.22. The fourth-order valence-electron chi connectivity index (χ4n) is 2.76. The lowest BCUT2D eigenvalue weighted by Crippen LogP contribution is -2.57. The third-order valence-electron chi connectivity index (χ3n) is 4.03. The summed E-state index contributed by atoms with van der Waals surface area (Å²) < 4.78 is -0.225. The molecule has 1 aromatic carbocycles. The SMILES string of the molecule is C[C@@H]1CCC[N+]1(CC(=O)Nc1ccc(Cl)cc1Cl)C(=O)O. The van der Waals surface area contributed by atoms with Gasteiger partial charge in [-0.1, -0.05) is 23.2 Å². The summed E-state index contributed by atoms with van der Waals surface area (Å²) >= 11 is 11.8. The van der Waals surface area contributed by atoms with E-state index in [2.05, 4.69) is 5.32 Å². The summed E-state index contributed by atoms with van der Waals surface area (Å²) in [6, 6.07) is 4.66. The summed E-state index contributed by atoms with van der Waals surface area (Å²) in [7, 11) is 0. The first-order valence-electron chi connectivity index (χ1n) is 6.70. The van der Waals surface area contributed by atoms with Gasteiger partial charge in [-0.2, -0.15) is 4.79 Å². The highest BCUT2D eigenvalue weighted by Crippen LogP contribution is 2.28. The van der Waals surface area contributed by atoms with Crippen LogP contribution < -0.4 is 5.32 Å². The van der Waals surface area contributed by atoms with Crippen LogP contribution in [0.15, 0.2) is 18.2 Å². The Bertz CT molecular complexity index is 579. The molecule has 1 saturated heterocycles. The summed E-state index contributed by atoms with van der Waals surface area (Å²) in [5.41, 5.74) is 0.432. The Kier molecular flexibility index (Phi) is 4.76. The van der Waals surface area contributed by atoms with Gasteiger partial charge in [-0.3, -0.25) is 4.79 Å². The Balaban J connectivity index is 2.12. The number of carboxylic acid groups (broad SMARTS) is 1. The van der Waals surface area contributed by atoms with Crippen molar-refractivity contribution in [2.24, 2.45) is 0 Å². The number of quaternary nitrogens is 1. The summed E-state index contributed by atoms with van der Waals surface area (Å²) in [5, 5.41) is 12.9. The van der Waals surface area contributed by atoms with E-state index in [1.807, 2.05) is 6.92 Å². The van der Waals surface area contributed by atoms with Crippen LogP contribution in [0.25, 0.3) is 0 Å². The van der Waals surface area contributed by atoms with E-state index in [1.165, 1.54) is 6.07 Å². The van der Waals surface area contributed by atoms with Crippen molar-refractivity contribution in [3.63, 3.8) is 0 Å². The first kappa shape index (κ1) is 16.1. The normalized spacial score (nSPS) is 24.8. The molecule has 7 heteroatoms. The van der Waals surface area contributed by atoms with Crippen molar-refractivity contribution in [3.05, 3.63) is 28.2 Å². The van der Waals surface area contributed by atoms with Gasteiger partial charge in [0.05, 0.1) is 23.3 Å². The maximum absolute atomic E-state index is 12.2. The smallest absolute Gasteiger partial charge is 0.435 e. The van der Waals surface area contributed by atoms with Crippen LogP contribution >= 0.6 is 23.2 Å². The lowest BCUT2D eigenvalue weighted by atomic mass is 10.2. The quantitative estimate of drug-likeness (QED) is 0.831. The maximum Gasteiger partial charge on any atom is 0.514 e. The van der Waals surface area contributed by atoms with Crippen LogP contribution in [-0.4, -0.2) is 40.7 Å². The molecule has 2 atom stereocenters. The van der Waals surface area contributed by atoms with E-state index in [0.717, 1.165) is 12.8 Å². The third-order valence-corrected chi connectivity index (χ3v) is 4.58. The zero-order chi connectivity index (χ0) is 15.6. The highest BCUT2D eigenvalue weighted by atomic mass is 35.5. The monoisotopic (exact) mass is 331 g/mol. The number of benzene rings is 1. The molecule has 1 fully saturated rings. The van der Waals surface area contributed by atoms with Gasteiger partial charge in [-0.15, -0.1) is 0 Å². The van der Waals surface area contributed by atoms with Crippen LogP contribution in [-0.2, 0) is 4.79 Å². The molecule has 2 rings (SSSR count). The number of hydrogen-bond donors (Lipinski definition) is 2. The summed E-state index contributed by atoms with van der Waals surface area (Å²) in [5.74, 6) is -0.365. The van der Waals surface area contributed by atoms with E-state index < -0.39 is 6.09 Å². The van der Waals surface area contributed by atoms with E-state index in [1.54, 1.807) is 12.1 Å². The summed E-state index contributed by atoms with van der Waals surface area (Å²) in [6.45, 7) is 2.23. The third kappa shape index (κ3) is 3.31. The Labute approximate surface area is 133 Å². The number of hydrogen-bond acceptors (Lipinski definition) is 2. The highest BCUT2D eigenvalue weighted by Gasteiger charge is 2.47. The van der Waals surface area contributed by atoms with Gasteiger partial charge >= 0.3 is 6.09 Å². The van der Waals surface area contributed by atoms with Crippen molar-refractivity contribution >= 4 is 40.9 Å². The lowest BCUT2D eigenvalue weighted by Gasteiger charge is -2.31. The number of nitrogens with one attached hydrogen (secondary N) is 1. The number of anilines is 1. The summed E-state index contributed by atoms with van der Waals surface area (Å²) in [4.78, 5) is 23.8. The molecule has 21 heavy (non-hydrogen) atoms. The van der Waals surface area contributed by atoms with Gasteiger partial charge in [0.15, 0.2) is 6.54 Å². The van der Waals surface area contributed by atoms with Crippen molar-refractivity contribution in [2.75, 3.05) is 18.4 Å². The number of carbonyl (C=O) groups is 2. The van der Waals surface area contributed by atoms with Crippen LogP contribution in [0, 0.1) is 0 Å². The highest BCUT2D eigenvalue weighted by molar-refractivity contribution is 6.36. The topological polar surface area (TPSA) is 66.4 Å². The van der Waals surface area contributed by atoms with Crippen LogP contribution in [0.2, 0.25) is 10.0 Å². The van der Waals surface area contributed by atoms with E-state index in [-0.39, 0.29) is 23.0 Å². The number of amides is 2. The van der Waals surface area contributed by atoms with Gasteiger partial charge in [0.1, 0.15) is 0 Å². The predicted octanol–water partition coefficient (Wildman–Crippen LogP) is 3.61. The van der Waals surface area contributed by atoms with E-state index in [9.17, 15) is 14.7 Å². The maximum atomic E-state index is 12.2. The van der Waals surface area contributed by atoms with Crippen molar-refractivity contribution < 1.29 is 19.2 Å². The molecule has 1 aromatic rings. The Morgan fingerprint density at radius 1 is 1.43 bits per heavy atom. The number of likely N-dealkylation sites (tertiary alicyclic amines) is 1. The number of nitrogens with zero attached hydrogens (tertiary/aromatic N) is 1. The molecular formula is C14H17Cl2N2O3+. The average Bonchev–Trinajstić information content (AvgIpc) is 2.75. The number of rotatable bonds is 3. The molecule has 0 aliphatic carbocycles. The molecule has 0 spiro atoms. The molecule has 1 aliphatic heterocycles. The van der Waals surface area contributed by atoms with E-state index >= 15 is 0 Å². The molecule has 1 unspecified atom stereocenters.